The molecule has 0 spiro atoms. The Kier molecular flexibility index (Phi) is 4.23. The number of aromatic nitrogens is 1. The highest BCUT2D eigenvalue weighted by atomic mass is 32.2. The first-order chi connectivity index (χ1) is 11.3. The molecule has 3 rings (SSSR count). The number of nitrogens with zero attached hydrogens (tertiary/aromatic N) is 2. The molecular formula is C16H12F3N3OS. The third kappa shape index (κ3) is 3.53. The van der Waals surface area contributed by atoms with E-state index in [2.05, 4.69) is 10.3 Å². The second-order valence-electron chi connectivity index (χ2n) is 5.07. The van der Waals surface area contributed by atoms with Gasteiger partial charge in [0.05, 0.1) is 16.2 Å². The third-order valence-electron chi connectivity index (χ3n) is 3.32. The molecule has 1 aliphatic rings. The van der Waals surface area contributed by atoms with Crippen LogP contribution < -0.4 is 5.32 Å². The van der Waals surface area contributed by atoms with E-state index in [1.165, 1.54) is 12.1 Å². The average Bonchev–Trinajstić information content (AvgIpc) is 3.06. The van der Waals surface area contributed by atoms with Gasteiger partial charge in [0.15, 0.2) is 5.17 Å². The van der Waals surface area contributed by atoms with Crippen molar-refractivity contribution in [2.45, 2.75) is 6.18 Å². The monoisotopic (exact) mass is 351 g/mol. The Morgan fingerprint density at radius 2 is 2.04 bits per heavy atom. The van der Waals surface area contributed by atoms with Gasteiger partial charge in [-0.3, -0.25) is 4.79 Å². The molecule has 0 radical (unpaired) electrons. The molecule has 2 aromatic rings. The van der Waals surface area contributed by atoms with Crippen molar-refractivity contribution in [3.05, 3.63) is 58.8 Å². The van der Waals surface area contributed by atoms with Gasteiger partial charge in [-0.25, -0.2) is 4.99 Å². The number of amides is 1. The second-order valence-corrected chi connectivity index (χ2v) is 6.10. The van der Waals surface area contributed by atoms with Crippen LogP contribution in [0.5, 0.6) is 0 Å². The molecule has 0 saturated carbocycles. The molecule has 0 unspecified atom stereocenters. The first-order valence-electron chi connectivity index (χ1n) is 6.91. The molecule has 124 valence electrons. The summed E-state index contributed by atoms with van der Waals surface area (Å²) in [6.07, 6.45) is -0.879. The Bertz CT molecular complexity index is 852. The summed E-state index contributed by atoms with van der Waals surface area (Å²) in [5.74, 6) is -0.327. The standard InChI is InChI=1S/C16H12F3N3OS/c1-22-7-3-6-12(22)9-13-14(23)21-15(24-13)20-11-5-2-4-10(8-11)16(17,18)19/h2-9H,1H3,(H,20,21,23). The first kappa shape index (κ1) is 16.4. The maximum Gasteiger partial charge on any atom is 0.416 e. The second kappa shape index (κ2) is 6.20. The minimum atomic E-state index is -4.43. The number of benzene rings is 1. The van der Waals surface area contributed by atoms with E-state index in [1.54, 1.807) is 6.08 Å². The van der Waals surface area contributed by atoms with Gasteiger partial charge in [-0.15, -0.1) is 0 Å². The average molecular weight is 351 g/mol. The predicted octanol–water partition coefficient (Wildman–Crippen LogP) is 3.94. The first-order valence-corrected chi connectivity index (χ1v) is 7.73. The summed E-state index contributed by atoms with van der Waals surface area (Å²) in [4.78, 5) is 16.5. The largest absolute Gasteiger partial charge is 0.416 e. The number of carbonyl (C=O) groups excluding carboxylic acids is 1. The topological polar surface area (TPSA) is 46.4 Å². The van der Waals surface area contributed by atoms with E-state index < -0.39 is 11.7 Å². The van der Waals surface area contributed by atoms with Crippen LogP contribution in [0.4, 0.5) is 18.9 Å². The molecule has 1 fully saturated rings. The Balaban J connectivity index is 1.85. The van der Waals surface area contributed by atoms with E-state index in [9.17, 15) is 18.0 Å². The zero-order valence-corrected chi connectivity index (χ0v) is 13.3. The normalized spacial score (nSPS) is 18.4. The fourth-order valence-electron chi connectivity index (χ4n) is 2.11. The Labute approximate surface area is 140 Å². The number of nitrogens with one attached hydrogen (secondary N) is 1. The summed E-state index contributed by atoms with van der Waals surface area (Å²) in [6, 6.07) is 8.35. The van der Waals surface area contributed by atoms with Crippen LogP contribution in [-0.2, 0) is 18.0 Å². The summed E-state index contributed by atoms with van der Waals surface area (Å²) < 4.78 is 40.0. The summed E-state index contributed by atoms with van der Waals surface area (Å²) >= 11 is 1.09. The highest BCUT2D eigenvalue weighted by Gasteiger charge is 2.30. The van der Waals surface area contributed by atoms with Crippen molar-refractivity contribution >= 4 is 34.6 Å². The van der Waals surface area contributed by atoms with E-state index >= 15 is 0 Å². The van der Waals surface area contributed by atoms with Gasteiger partial charge in [-0.2, -0.15) is 13.2 Å². The lowest BCUT2D eigenvalue weighted by atomic mass is 10.2. The number of hydrogen-bond donors (Lipinski definition) is 1. The molecule has 2 heterocycles. The van der Waals surface area contributed by atoms with E-state index in [4.69, 9.17) is 0 Å². The summed E-state index contributed by atoms with van der Waals surface area (Å²) in [7, 11) is 1.85. The van der Waals surface area contributed by atoms with Crippen molar-refractivity contribution in [3.63, 3.8) is 0 Å². The van der Waals surface area contributed by atoms with Crippen molar-refractivity contribution < 1.29 is 18.0 Å². The fraction of sp³-hybridized carbons (Fsp3) is 0.125. The lowest BCUT2D eigenvalue weighted by Gasteiger charge is -2.06. The Morgan fingerprint density at radius 3 is 2.71 bits per heavy atom. The molecule has 0 atom stereocenters. The van der Waals surface area contributed by atoms with Crippen LogP contribution in [0.15, 0.2) is 52.5 Å². The van der Waals surface area contributed by atoms with Crippen LogP contribution in [0.3, 0.4) is 0 Å². The smallest absolute Gasteiger partial charge is 0.351 e. The van der Waals surface area contributed by atoms with Crippen LogP contribution in [0.1, 0.15) is 11.3 Å². The number of aryl methyl sites for hydroxylation is 1. The van der Waals surface area contributed by atoms with Crippen molar-refractivity contribution in [1.29, 1.82) is 0 Å². The van der Waals surface area contributed by atoms with Gasteiger partial charge < -0.3 is 9.88 Å². The minimum Gasteiger partial charge on any atom is -0.351 e. The van der Waals surface area contributed by atoms with Crippen molar-refractivity contribution in [3.8, 4) is 0 Å². The van der Waals surface area contributed by atoms with Crippen molar-refractivity contribution in [2.75, 3.05) is 0 Å². The SMILES string of the molecule is Cn1cccc1C=C1SC(=Nc2cccc(C(F)(F)F)c2)NC1=O. The number of halogens is 3. The van der Waals surface area contributed by atoms with Gasteiger partial charge in [0.1, 0.15) is 0 Å². The van der Waals surface area contributed by atoms with Gasteiger partial charge in [0.25, 0.3) is 5.91 Å². The number of hydrogen-bond acceptors (Lipinski definition) is 3. The van der Waals surface area contributed by atoms with Gasteiger partial charge in [0.2, 0.25) is 0 Å². The van der Waals surface area contributed by atoms with Crippen molar-refractivity contribution in [1.82, 2.24) is 9.88 Å². The van der Waals surface area contributed by atoms with Crippen LogP contribution in [0.25, 0.3) is 6.08 Å². The van der Waals surface area contributed by atoms with E-state index in [1.807, 2.05) is 29.9 Å². The molecule has 4 nitrogen and oxygen atoms in total. The molecule has 1 aliphatic heterocycles. The minimum absolute atomic E-state index is 0.132. The lowest BCUT2D eigenvalue weighted by Crippen LogP contribution is -2.19. The number of alkyl halides is 3. The van der Waals surface area contributed by atoms with Crippen molar-refractivity contribution in [2.24, 2.45) is 12.0 Å². The molecular weight excluding hydrogens is 339 g/mol. The number of aliphatic imine (C=N–C) groups is 1. The maximum absolute atomic E-state index is 12.7. The van der Waals surface area contributed by atoms with E-state index in [-0.39, 0.29) is 16.8 Å². The van der Waals surface area contributed by atoms with Gasteiger partial charge in [-0.05, 0) is 48.2 Å². The quantitative estimate of drug-likeness (QED) is 0.833. The molecule has 1 aromatic heterocycles. The van der Waals surface area contributed by atoms with Crippen LogP contribution in [0, 0.1) is 0 Å². The molecule has 1 N–H and O–H groups in total. The highest BCUT2D eigenvalue weighted by molar-refractivity contribution is 8.18. The van der Waals surface area contributed by atoms with Gasteiger partial charge in [0, 0.05) is 18.9 Å². The predicted molar refractivity (Wildman–Crippen MR) is 87.7 cm³/mol. The molecule has 1 amide bonds. The van der Waals surface area contributed by atoms with E-state index in [0.29, 0.717) is 4.91 Å². The molecule has 0 bridgehead atoms. The number of carbonyl (C=O) groups is 1. The van der Waals surface area contributed by atoms with Crippen LogP contribution in [-0.4, -0.2) is 15.6 Å². The van der Waals surface area contributed by atoms with Crippen LogP contribution in [0.2, 0.25) is 0 Å². The third-order valence-corrected chi connectivity index (χ3v) is 4.23. The van der Waals surface area contributed by atoms with Crippen LogP contribution >= 0.6 is 11.8 Å². The Hall–Kier alpha value is -2.48. The zero-order chi connectivity index (χ0) is 17.3. The number of thioether (sulfide) groups is 1. The van der Waals surface area contributed by atoms with Gasteiger partial charge in [-0.1, -0.05) is 6.07 Å². The highest BCUT2D eigenvalue weighted by Crippen LogP contribution is 2.33. The molecule has 24 heavy (non-hydrogen) atoms. The molecule has 0 aliphatic carbocycles. The number of rotatable bonds is 2. The Morgan fingerprint density at radius 1 is 1.25 bits per heavy atom. The summed E-state index contributed by atoms with van der Waals surface area (Å²) in [6.45, 7) is 0. The zero-order valence-electron chi connectivity index (χ0n) is 12.5. The fourth-order valence-corrected chi connectivity index (χ4v) is 2.93. The summed E-state index contributed by atoms with van der Waals surface area (Å²) in [5, 5.41) is 2.81. The summed E-state index contributed by atoms with van der Waals surface area (Å²) in [5.41, 5.74) is 0.193. The molecule has 1 aromatic carbocycles. The molecule has 8 heteroatoms. The van der Waals surface area contributed by atoms with Gasteiger partial charge >= 0.3 is 6.18 Å². The lowest BCUT2D eigenvalue weighted by molar-refractivity contribution is -0.137. The number of amidine groups is 1. The maximum atomic E-state index is 12.7. The van der Waals surface area contributed by atoms with E-state index in [0.717, 1.165) is 29.6 Å². The molecule has 1 saturated heterocycles.